The number of carbonyl (C=O) groups excluding carboxylic acids is 1. The molecule has 0 aliphatic carbocycles. The van der Waals surface area contributed by atoms with Crippen molar-refractivity contribution in [3.05, 3.63) is 125 Å². The van der Waals surface area contributed by atoms with Gasteiger partial charge in [-0.1, -0.05) is 26.7 Å². The van der Waals surface area contributed by atoms with Crippen LogP contribution < -0.4 is 44.5 Å². The molecular weight excluding hydrogens is 811 g/mol. The summed E-state index contributed by atoms with van der Waals surface area (Å²) in [5, 5.41) is 79.3. The van der Waals surface area contributed by atoms with Crippen LogP contribution in [0.15, 0.2) is 105 Å². The Bertz CT molecular complexity index is 2140. The molecule has 0 atom stereocenters. The smallest absolute Gasteiger partial charge is 0.548 e. The molecule has 0 aliphatic heterocycles. The number of aliphatic hydroxyl groups is 1. The summed E-state index contributed by atoms with van der Waals surface area (Å²) >= 11 is 0. The number of nitrogens with zero attached hydrogens (tertiary/aromatic N) is 10. The zero-order chi connectivity index (χ0) is 44.0. The zero-order valence-electron chi connectivity index (χ0n) is 33.8. The quantitative estimate of drug-likeness (QED) is 0.0344. The third-order valence-electron chi connectivity index (χ3n) is 8.37. The number of benzene rings is 4. The van der Waals surface area contributed by atoms with E-state index >= 15 is 0 Å². The minimum atomic E-state index is -1.27. The van der Waals surface area contributed by atoms with Gasteiger partial charge in [-0.25, -0.2) is 0 Å². The first-order valence-corrected chi connectivity index (χ1v) is 18.5. The van der Waals surface area contributed by atoms with Crippen LogP contribution in [0.1, 0.15) is 39.5 Å². The summed E-state index contributed by atoms with van der Waals surface area (Å²) in [6, 6.07) is 20.4. The first-order valence-electron chi connectivity index (χ1n) is 18.5. The van der Waals surface area contributed by atoms with Crippen LogP contribution in [0, 0.1) is 40.5 Å². The first-order chi connectivity index (χ1) is 28.8. The minimum Gasteiger partial charge on any atom is -0.548 e. The Morgan fingerprint density at radius 2 is 1.02 bits per heavy atom. The Hall–Kier alpha value is -6.33. The van der Waals surface area contributed by atoms with Crippen molar-refractivity contribution < 1.29 is 69.0 Å². The van der Waals surface area contributed by atoms with Crippen LogP contribution >= 0.6 is 0 Å². The number of unbranched alkanes of at least 4 members (excludes halogenated alkanes) is 2. The van der Waals surface area contributed by atoms with E-state index in [1.54, 1.807) is 36.4 Å². The summed E-state index contributed by atoms with van der Waals surface area (Å²) in [5.41, 5.74) is 0.773. The summed E-state index contributed by atoms with van der Waals surface area (Å²) in [7, 11) is 0. The molecular formula is C38H43N10NaO12. The number of nitro benzene ring substituents is 4. The number of non-ortho nitro benzene ring substituents is 2. The van der Waals surface area contributed by atoms with Gasteiger partial charge in [0.05, 0.1) is 69.0 Å². The average molecular weight is 855 g/mol. The van der Waals surface area contributed by atoms with E-state index in [0.29, 0.717) is 24.5 Å². The second-order valence-corrected chi connectivity index (χ2v) is 12.6. The van der Waals surface area contributed by atoms with Crippen LogP contribution in [0.4, 0.5) is 56.9 Å². The van der Waals surface area contributed by atoms with Gasteiger partial charge in [0.15, 0.2) is 11.4 Å². The molecule has 0 aliphatic rings. The number of ether oxygens (including phenoxy) is 1. The number of nitro groups is 4. The molecule has 0 aromatic heterocycles. The van der Waals surface area contributed by atoms with E-state index in [9.17, 15) is 55.5 Å². The fraction of sp³-hybridized carbons (Fsp3) is 0.342. The van der Waals surface area contributed by atoms with Crippen LogP contribution in [0.2, 0.25) is 0 Å². The van der Waals surface area contributed by atoms with Gasteiger partial charge in [0.1, 0.15) is 0 Å². The Labute approximate surface area is 371 Å². The second kappa shape index (κ2) is 26.7. The maximum Gasteiger partial charge on any atom is 1.00 e. The predicted octanol–water partition coefficient (Wildman–Crippen LogP) is 4.81. The van der Waals surface area contributed by atoms with Crippen LogP contribution in [0.5, 0.6) is 0 Å². The maximum absolute atomic E-state index is 11.2. The van der Waals surface area contributed by atoms with Gasteiger partial charge in [-0.15, -0.1) is 10.2 Å². The predicted molar refractivity (Wildman–Crippen MR) is 218 cm³/mol. The number of anilines is 2. The van der Waals surface area contributed by atoms with Crippen molar-refractivity contribution in [3.63, 3.8) is 0 Å². The fourth-order valence-electron chi connectivity index (χ4n) is 5.28. The Morgan fingerprint density at radius 1 is 0.607 bits per heavy atom. The molecule has 4 rings (SSSR count). The van der Waals surface area contributed by atoms with Crippen LogP contribution in [-0.2, 0) is 9.53 Å². The molecule has 0 radical (unpaired) electrons. The number of hydrogen-bond acceptors (Lipinski definition) is 18. The molecule has 4 aromatic carbocycles. The van der Waals surface area contributed by atoms with Crippen LogP contribution in [-0.4, -0.2) is 76.8 Å². The number of carboxylic acids is 1. The maximum atomic E-state index is 11.2. The Morgan fingerprint density at radius 3 is 1.36 bits per heavy atom. The van der Waals surface area contributed by atoms with Crippen LogP contribution in [0.25, 0.3) is 0 Å². The first kappa shape index (κ1) is 50.8. The molecule has 0 spiro atoms. The SMILES string of the molecule is CCCCN(CCO)c1ccc(N=Nc2ccc([N+](=O)[O-])cc2[N+](=O)[O-])cc1.CCCCN(CCOCC(=O)[O-])c1ccc(N=Nc2ccc([N+](=O)[O-])cc2[N+](=O)[O-])cc1.[Na+]. The summed E-state index contributed by atoms with van der Waals surface area (Å²) in [6.07, 6.45) is 3.97. The third kappa shape index (κ3) is 17.1. The molecule has 4 aromatic rings. The molecule has 61 heavy (non-hydrogen) atoms. The molecule has 0 fully saturated rings. The molecule has 318 valence electrons. The number of hydrogen-bond donors (Lipinski definition) is 1. The van der Waals surface area contributed by atoms with Crippen molar-refractivity contribution in [1.29, 1.82) is 0 Å². The van der Waals surface area contributed by atoms with Gasteiger partial charge < -0.3 is 29.5 Å². The number of carboxylic acid groups (broad SMARTS) is 1. The van der Waals surface area contributed by atoms with Gasteiger partial charge in [-0.3, -0.25) is 40.5 Å². The minimum absolute atomic E-state index is 0. The van der Waals surface area contributed by atoms with E-state index in [4.69, 9.17) is 4.74 Å². The molecule has 0 heterocycles. The number of rotatable bonds is 23. The van der Waals surface area contributed by atoms with Gasteiger partial charge in [-0.2, -0.15) is 10.2 Å². The van der Waals surface area contributed by atoms with E-state index in [0.717, 1.165) is 74.4 Å². The van der Waals surface area contributed by atoms with Crippen molar-refractivity contribution in [2.75, 3.05) is 55.8 Å². The Balaban J connectivity index is 0.000000417. The largest absolute Gasteiger partial charge is 1.00 e. The molecule has 0 bridgehead atoms. The van der Waals surface area contributed by atoms with Crippen LogP contribution in [0.3, 0.4) is 0 Å². The van der Waals surface area contributed by atoms with Crippen molar-refractivity contribution in [1.82, 2.24) is 0 Å². The zero-order valence-corrected chi connectivity index (χ0v) is 35.8. The number of azo groups is 2. The molecule has 0 unspecified atom stereocenters. The van der Waals surface area contributed by atoms with Crippen molar-refractivity contribution >= 4 is 62.8 Å². The molecule has 0 saturated carbocycles. The average Bonchev–Trinajstić information content (AvgIpc) is 3.23. The number of aliphatic carboxylic acids is 1. The second-order valence-electron chi connectivity index (χ2n) is 12.6. The molecule has 23 heteroatoms. The standard InChI is InChI=1S/C20H23N5O7.C18H21N5O5.Na/c1-2-3-10-23(11-12-32-14-20(26)27)16-6-4-15(5-7-16)21-22-18-9-8-17(24(28)29)13-19(18)25(30)31;1-2-3-10-21(11-12-24)15-6-4-14(5-7-15)19-20-17-9-8-16(22(25)26)13-18(17)23(27)28;/h4-9,13H,2-3,10-12,14H2,1H3,(H,26,27);4-9,13,24H,2-3,10-12H2,1H3;/q;;+1/p-1. The number of carbonyl (C=O) groups is 1. The fourth-order valence-corrected chi connectivity index (χ4v) is 5.28. The van der Waals surface area contributed by atoms with E-state index in [-0.39, 0.29) is 59.8 Å². The summed E-state index contributed by atoms with van der Waals surface area (Å²) in [4.78, 5) is 55.6. The molecule has 0 saturated heterocycles. The van der Waals surface area contributed by atoms with Gasteiger partial charge >= 0.3 is 40.9 Å². The summed E-state index contributed by atoms with van der Waals surface area (Å²) in [5.74, 6) is -1.27. The van der Waals surface area contributed by atoms with Gasteiger partial charge in [0.2, 0.25) is 0 Å². The molecule has 1 N–H and O–H groups in total. The molecule has 0 amide bonds. The van der Waals surface area contributed by atoms with Crippen molar-refractivity contribution in [2.24, 2.45) is 20.5 Å². The normalized spacial score (nSPS) is 10.7. The molecule has 22 nitrogen and oxygen atoms in total. The topological polar surface area (TPSA) is 298 Å². The van der Waals surface area contributed by atoms with Crippen molar-refractivity contribution in [2.45, 2.75) is 39.5 Å². The summed E-state index contributed by atoms with van der Waals surface area (Å²) in [6.45, 7) is 6.56. The Kier molecular flexibility index (Phi) is 22.2. The van der Waals surface area contributed by atoms with E-state index < -0.39 is 49.3 Å². The van der Waals surface area contributed by atoms with E-state index in [1.807, 2.05) is 17.0 Å². The summed E-state index contributed by atoms with van der Waals surface area (Å²) < 4.78 is 5.06. The van der Waals surface area contributed by atoms with E-state index in [2.05, 4.69) is 39.2 Å². The van der Waals surface area contributed by atoms with Gasteiger partial charge in [0.25, 0.3) is 11.4 Å². The monoisotopic (exact) mass is 854 g/mol. The van der Waals surface area contributed by atoms with Crippen molar-refractivity contribution in [3.8, 4) is 0 Å². The van der Waals surface area contributed by atoms with Gasteiger partial charge in [-0.05, 0) is 73.5 Å². The van der Waals surface area contributed by atoms with E-state index in [1.165, 1.54) is 12.1 Å². The third-order valence-corrected chi connectivity index (χ3v) is 8.37. The number of aliphatic hydroxyl groups excluding tert-OH is 1. The van der Waals surface area contributed by atoms with Gasteiger partial charge in [0, 0.05) is 49.7 Å².